The van der Waals surface area contributed by atoms with E-state index in [2.05, 4.69) is 4.99 Å². The molecule has 3 nitrogen and oxygen atoms in total. The first-order valence-electron chi connectivity index (χ1n) is 2.18. The minimum absolute atomic E-state index is 0.417. The molecule has 0 spiro atoms. The van der Waals surface area contributed by atoms with Crippen molar-refractivity contribution < 1.29 is 0 Å². The van der Waals surface area contributed by atoms with Gasteiger partial charge in [-0.25, -0.2) is 0 Å². The van der Waals surface area contributed by atoms with Crippen LogP contribution in [0.5, 0.6) is 0 Å². The summed E-state index contributed by atoms with van der Waals surface area (Å²) < 4.78 is 0. The van der Waals surface area contributed by atoms with Crippen LogP contribution in [0.3, 0.4) is 0 Å². The summed E-state index contributed by atoms with van der Waals surface area (Å²) in [4.78, 5) is 3.79. The Morgan fingerprint density at radius 1 is 1.71 bits per heavy atom. The molecule has 1 aliphatic rings. The topological polar surface area (TPSA) is 62.2 Å². The van der Waals surface area contributed by atoms with Crippen LogP contribution in [0, 0.1) is 5.41 Å². The van der Waals surface area contributed by atoms with E-state index >= 15 is 0 Å². The summed E-state index contributed by atoms with van der Waals surface area (Å²) in [6.45, 7) is 0.713. The highest BCUT2D eigenvalue weighted by molar-refractivity contribution is 6.40. The fourth-order valence-electron chi connectivity index (χ4n) is 0.512. The predicted molar refractivity (Wildman–Crippen MR) is 28.8 cm³/mol. The molecule has 0 aromatic heterocycles. The maximum atomic E-state index is 7.00. The summed E-state index contributed by atoms with van der Waals surface area (Å²) in [6, 6.07) is 0. The number of aliphatic imine (C=N–C) groups is 1. The fourth-order valence-corrected chi connectivity index (χ4v) is 0.512. The highest BCUT2D eigenvalue weighted by Crippen LogP contribution is 1.93. The second-order valence-electron chi connectivity index (χ2n) is 1.50. The van der Waals surface area contributed by atoms with Crippen molar-refractivity contribution in [3.8, 4) is 0 Å². The standard InChI is InChI=1S/C4H7N3/c5-3-1-2-7-4(3)6/h5H,1-2H2,(H2,6,7). The van der Waals surface area contributed by atoms with E-state index in [1.165, 1.54) is 0 Å². The summed E-state index contributed by atoms with van der Waals surface area (Å²) in [6.07, 6.45) is 0.728. The number of hydrogen-bond donors (Lipinski definition) is 2. The minimum atomic E-state index is 0.417. The molecule has 3 heteroatoms. The molecule has 0 unspecified atom stereocenters. The molecular weight excluding hydrogens is 90.1 g/mol. The first kappa shape index (κ1) is 4.30. The molecule has 0 aliphatic carbocycles. The van der Waals surface area contributed by atoms with Crippen LogP contribution < -0.4 is 5.73 Å². The number of nitrogens with zero attached hydrogens (tertiary/aromatic N) is 1. The van der Waals surface area contributed by atoms with Crippen molar-refractivity contribution in [2.75, 3.05) is 6.54 Å². The molecule has 0 amide bonds. The van der Waals surface area contributed by atoms with E-state index in [0.717, 1.165) is 6.42 Å². The maximum Gasteiger partial charge on any atom is 0.139 e. The van der Waals surface area contributed by atoms with Gasteiger partial charge >= 0.3 is 0 Å². The molecule has 0 saturated carbocycles. The SMILES string of the molecule is N=C1CCN=C1N. The Balaban J connectivity index is 2.72. The van der Waals surface area contributed by atoms with E-state index in [4.69, 9.17) is 11.1 Å². The van der Waals surface area contributed by atoms with Crippen molar-refractivity contribution in [2.24, 2.45) is 10.7 Å². The molecule has 0 saturated heterocycles. The van der Waals surface area contributed by atoms with Crippen LogP contribution in [0.1, 0.15) is 6.42 Å². The fraction of sp³-hybridized carbons (Fsp3) is 0.500. The van der Waals surface area contributed by atoms with Gasteiger partial charge in [0.05, 0.1) is 5.71 Å². The molecule has 3 N–H and O–H groups in total. The number of rotatable bonds is 0. The third-order valence-corrected chi connectivity index (χ3v) is 0.953. The van der Waals surface area contributed by atoms with Gasteiger partial charge in [-0.15, -0.1) is 0 Å². The molecule has 1 rings (SSSR count). The second-order valence-corrected chi connectivity index (χ2v) is 1.50. The van der Waals surface area contributed by atoms with Crippen molar-refractivity contribution in [1.29, 1.82) is 5.41 Å². The molecule has 0 radical (unpaired) electrons. The normalized spacial score (nSPS) is 20.0. The van der Waals surface area contributed by atoms with Gasteiger partial charge in [0, 0.05) is 13.0 Å². The Morgan fingerprint density at radius 3 is 2.57 bits per heavy atom. The van der Waals surface area contributed by atoms with Gasteiger partial charge in [0.25, 0.3) is 0 Å². The Kier molecular flexibility index (Phi) is 0.817. The van der Waals surface area contributed by atoms with E-state index in [1.807, 2.05) is 0 Å². The smallest absolute Gasteiger partial charge is 0.139 e. The van der Waals surface area contributed by atoms with Crippen molar-refractivity contribution in [3.05, 3.63) is 0 Å². The third-order valence-electron chi connectivity index (χ3n) is 0.953. The maximum absolute atomic E-state index is 7.00. The van der Waals surface area contributed by atoms with Crippen molar-refractivity contribution in [3.63, 3.8) is 0 Å². The molecule has 0 fully saturated rings. The number of nitrogens with one attached hydrogen (secondary N) is 1. The largest absolute Gasteiger partial charge is 0.383 e. The van der Waals surface area contributed by atoms with E-state index in [9.17, 15) is 0 Å². The second kappa shape index (κ2) is 1.33. The highest BCUT2D eigenvalue weighted by Gasteiger charge is 2.06. The van der Waals surface area contributed by atoms with Crippen LogP contribution >= 0.6 is 0 Å². The van der Waals surface area contributed by atoms with Crippen LogP contribution in [0.4, 0.5) is 0 Å². The van der Waals surface area contributed by atoms with E-state index < -0.39 is 0 Å². The Hall–Kier alpha value is -0.860. The number of hydrogen-bond acceptors (Lipinski definition) is 3. The van der Waals surface area contributed by atoms with E-state index in [0.29, 0.717) is 18.1 Å². The summed E-state index contributed by atoms with van der Waals surface area (Å²) in [7, 11) is 0. The zero-order valence-electron chi connectivity index (χ0n) is 3.94. The average molecular weight is 97.1 g/mol. The van der Waals surface area contributed by atoms with Gasteiger partial charge in [0.1, 0.15) is 5.84 Å². The van der Waals surface area contributed by atoms with Crippen LogP contribution in [-0.2, 0) is 0 Å². The third kappa shape index (κ3) is 0.607. The lowest BCUT2D eigenvalue weighted by Gasteiger charge is -1.84. The highest BCUT2D eigenvalue weighted by atomic mass is 14.9. The molecule has 0 bridgehead atoms. The molecule has 0 atom stereocenters. The average Bonchev–Trinajstić information content (AvgIpc) is 1.91. The van der Waals surface area contributed by atoms with Crippen LogP contribution in [0.25, 0.3) is 0 Å². The van der Waals surface area contributed by atoms with Crippen molar-refractivity contribution in [2.45, 2.75) is 6.42 Å². The molecule has 1 aliphatic heterocycles. The van der Waals surface area contributed by atoms with Crippen LogP contribution in [-0.4, -0.2) is 18.1 Å². The Morgan fingerprint density at radius 2 is 2.43 bits per heavy atom. The lowest BCUT2D eigenvalue weighted by molar-refractivity contribution is 1.08. The van der Waals surface area contributed by atoms with Gasteiger partial charge in [0.15, 0.2) is 0 Å². The molecule has 38 valence electrons. The van der Waals surface area contributed by atoms with Crippen molar-refractivity contribution in [1.82, 2.24) is 0 Å². The molecule has 7 heavy (non-hydrogen) atoms. The summed E-state index contributed by atoms with van der Waals surface area (Å²) in [5.41, 5.74) is 5.69. The summed E-state index contributed by atoms with van der Waals surface area (Å²) >= 11 is 0. The molecule has 0 aromatic carbocycles. The quantitative estimate of drug-likeness (QED) is 0.430. The lowest BCUT2D eigenvalue weighted by atomic mass is 10.3. The molecular formula is C4H7N3. The molecule has 0 aromatic rings. The van der Waals surface area contributed by atoms with E-state index in [1.54, 1.807) is 0 Å². The summed E-state index contributed by atoms with van der Waals surface area (Å²) in [5.74, 6) is 0.417. The first-order valence-corrected chi connectivity index (χ1v) is 2.18. The first-order chi connectivity index (χ1) is 3.30. The predicted octanol–water partition coefficient (Wildman–Crippen LogP) is -0.233. The van der Waals surface area contributed by atoms with Crippen LogP contribution in [0.15, 0.2) is 4.99 Å². The van der Waals surface area contributed by atoms with Gasteiger partial charge in [-0.05, 0) is 0 Å². The minimum Gasteiger partial charge on any atom is -0.383 e. The number of nitrogens with two attached hydrogens (primary N) is 1. The molecule has 1 heterocycles. The zero-order valence-corrected chi connectivity index (χ0v) is 3.94. The Labute approximate surface area is 41.7 Å². The van der Waals surface area contributed by atoms with Crippen LogP contribution in [0.2, 0.25) is 0 Å². The van der Waals surface area contributed by atoms with Gasteiger partial charge < -0.3 is 11.1 Å². The lowest BCUT2D eigenvalue weighted by Crippen LogP contribution is -2.17. The van der Waals surface area contributed by atoms with E-state index in [-0.39, 0.29) is 0 Å². The monoisotopic (exact) mass is 97.1 g/mol. The number of amidine groups is 1. The van der Waals surface area contributed by atoms with Crippen molar-refractivity contribution >= 4 is 11.5 Å². The van der Waals surface area contributed by atoms with Gasteiger partial charge in [0.2, 0.25) is 0 Å². The van der Waals surface area contributed by atoms with Gasteiger partial charge in [-0.2, -0.15) is 0 Å². The van der Waals surface area contributed by atoms with Gasteiger partial charge in [-0.1, -0.05) is 0 Å². The Bertz CT molecular complexity index is 125. The summed E-state index contributed by atoms with van der Waals surface area (Å²) in [5, 5.41) is 7.00. The zero-order chi connectivity index (χ0) is 5.28. The van der Waals surface area contributed by atoms with Gasteiger partial charge in [-0.3, -0.25) is 4.99 Å².